The number of aryl methyl sites for hydroxylation is 2. The minimum absolute atomic E-state index is 0.00614. The molecule has 7 amide bonds. The predicted octanol–water partition coefficient (Wildman–Crippen LogP) is 6.40. The minimum Gasteiger partial charge on any atom is -0.493 e. The van der Waals surface area contributed by atoms with Gasteiger partial charge < -0.3 is 59.7 Å². The molecule has 86 heavy (non-hydrogen) atoms. The number of aliphatic hydroxyl groups excluding tert-OH is 1. The summed E-state index contributed by atoms with van der Waals surface area (Å²) in [6.45, 7) is 10.6. The van der Waals surface area contributed by atoms with Gasteiger partial charge in [0.1, 0.15) is 29.9 Å². The second-order valence-electron chi connectivity index (χ2n) is 23.5. The molecule has 3 saturated heterocycles. The van der Waals surface area contributed by atoms with Crippen LogP contribution in [0, 0.1) is 19.3 Å². The quantitative estimate of drug-likeness (QED) is 0.0401. The number of likely N-dealkylation sites (N-methyl/N-ethyl adjacent to an activating group) is 1. The third-order valence-corrected chi connectivity index (χ3v) is 18.1. The van der Waals surface area contributed by atoms with E-state index in [1.54, 1.807) is 56.4 Å². The molecule has 6 N–H and O–H groups in total. The monoisotopic (exact) mass is 1230 g/mol. The normalized spacial score (nSPS) is 19.7. The third kappa shape index (κ3) is 13.5. The Morgan fingerprint density at radius 2 is 1.69 bits per heavy atom. The zero-order chi connectivity index (χ0) is 62.2. The molecule has 0 saturated carbocycles. The van der Waals surface area contributed by atoms with E-state index in [2.05, 4.69) is 26.1 Å². The Balaban J connectivity index is 0.879. The molecule has 3 fully saturated rings. The number of alkyl halides is 2. The molecule has 26 heteroatoms. The molecule has 0 unspecified atom stereocenters. The molecular weight excluding hydrogens is 1160 g/mol. The molecule has 0 spiro atoms. The number of fused-ring (bicyclic) bond motifs is 3. The highest BCUT2D eigenvalue weighted by Gasteiger charge is 2.51. The lowest BCUT2D eigenvalue weighted by Crippen LogP contribution is -2.61. The van der Waals surface area contributed by atoms with Gasteiger partial charge in [0, 0.05) is 69.3 Å². The minimum atomic E-state index is -5.92. The van der Waals surface area contributed by atoms with Crippen molar-refractivity contribution in [1.29, 1.82) is 0 Å². The summed E-state index contributed by atoms with van der Waals surface area (Å²) in [4.78, 5) is 128. The fourth-order valence-corrected chi connectivity index (χ4v) is 12.7. The fraction of sp³-hybridized carbons (Fsp3) is 0.450. The highest BCUT2D eigenvalue weighted by molar-refractivity contribution is 7.52. The summed E-state index contributed by atoms with van der Waals surface area (Å²) >= 11 is 1.46. The van der Waals surface area contributed by atoms with Crippen molar-refractivity contribution in [1.82, 2.24) is 45.7 Å². The molecule has 458 valence electrons. The second-order valence-corrected chi connectivity index (χ2v) is 26.0. The van der Waals surface area contributed by atoms with Crippen molar-refractivity contribution < 1.29 is 71.1 Å². The van der Waals surface area contributed by atoms with Gasteiger partial charge in [-0.05, 0) is 104 Å². The largest absolute Gasteiger partial charge is 0.493 e. The van der Waals surface area contributed by atoms with Crippen LogP contribution in [0.5, 0.6) is 5.75 Å². The Hall–Kier alpha value is -7.70. The summed E-state index contributed by atoms with van der Waals surface area (Å²) in [5.41, 5.74) is -1.00. The number of unbranched alkanes of at least 4 members (excludes halogenated alkanes) is 1. The van der Waals surface area contributed by atoms with E-state index < -0.39 is 96.0 Å². The number of nitrogens with one attached hydrogen (secondary N) is 3. The van der Waals surface area contributed by atoms with Crippen molar-refractivity contribution in [3.05, 3.63) is 112 Å². The number of carbonyl (C=O) groups is 7. The topological polar surface area (TPSA) is 294 Å². The standard InChI is InChI=1S/C60H70F2N9O13PS/c1-33-10-19-48-44(24-33)50(67-84-48)57(78)69-22-20-42-17-18-46(71(42)55(76)45(31-69)66-53(74)38-13-11-36-15-16-41(26-40(36)25-38)60(61,62)85(80,81)82)56(77)68(7)21-8-9-23-83-49-27-37(51-34(2)64-32-86-51)12-14-39(49)29-63-54(75)47-28-43(73)30-70(47)58(79)52(59(4,5)6)65-35(3)72/h10-16,19,24-27,32,42-43,45-47,52,73H,8-9,17-18,20-23,28-31H2,1-7H3,(H,63,75)(H,65,72)(H,66,74)(H2,80,81,82)/t42-,43-,45+,46+,47+,52-/m1/s1. The van der Waals surface area contributed by atoms with Gasteiger partial charge in [0.05, 0.1) is 40.7 Å². The van der Waals surface area contributed by atoms with Crippen LogP contribution >= 0.6 is 18.9 Å². The number of benzene rings is 4. The molecule has 3 aliphatic heterocycles. The Morgan fingerprint density at radius 1 is 0.930 bits per heavy atom. The summed E-state index contributed by atoms with van der Waals surface area (Å²) in [7, 11) is -4.29. The SMILES string of the molecule is CC(=O)N[C@H](C(=O)N1C[C@H](O)C[C@H]1C(=O)NCc1ccc(-c2scnc2C)cc1OCCCCN(C)C(=O)[C@@H]1CC[C@@H]2CCN(C(=O)c3noc4ccc(C)cc34)C[C@H](NC(=O)c3ccc4ccc(C(F)(F)P(=O)(O)O)cc4c3)C(=O)N21)C(C)(C)C. The van der Waals surface area contributed by atoms with E-state index >= 15 is 4.79 Å². The Kier molecular flexibility index (Phi) is 18.5. The zero-order valence-electron chi connectivity index (χ0n) is 48.7. The van der Waals surface area contributed by atoms with Crippen LogP contribution in [0.2, 0.25) is 0 Å². The summed E-state index contributed by atoms with van der Waals surface area (Å²) in [5, 5.41) is 24.0. The maximum Gasteiger partial charge on any atom is 0.399 e. The summed E-state index contributed by atoms with van der Waals surface area (Å²) < 4.78 is 53.3. The van der Waals surface area contributed by atoms with Crippen LogP contribution in [-0.4, -0.2) is 162 Å². The van der Waals surface area contributed by atoms with Gasteiger partial charge in [0.2, 0.25) is 29.5 Å². The number of aromatic nitrogens is 2. The van der Waals surface area contributed by atoms with E-state index in [1.165, 1.54) is 57.2 Å². The first kappa shape index (κ1) is 62.8. The number of halogens is 2. The number of hydrogen-bond donors (Lipinski definition) is 6. The summed E-state index contributed by atoms with van der Waals surface area (Å²) in [5.74, 6) is -3.24. The number of ether oxygens (including phenoxy) is 1. The molecule has 0 radical (unpaired) electrons. The van der Waals surface area contributed by atoms with E-state index in [0.717, 1.165) is 33.8 Å². The highest BCUT2D eigenvalue weighted by Crippen LogP contribution is 2.59. The third-order valence-electron chi connectivity index (χ3n) is 16.1. The van der Waals surface area contributed by atoms with Crippen LogP contribution in [0.1, 0.15) is 109 Å². The molecule has 0 bridgehead atoms. The fourth-order valence-electron chi connectivity index (χ4n) is 11.4. The number of amides is 7. The number of β-amino-alcohol motifs (C(OH)–C–C–N with tert-alkyl or cyclic N) is 1. The molecule has 4 aromatic carbocycles. The van der Waals surface area contributed by atoms with Crippen LogP contribution < -0.4 is 20.7 Å². The van der Waals surface area contributed by atoms with Gasteiger partial charge in [-0.2, -0.15) is 8.78 Å². The lowest BCUT2D eigenvalue weighted by molar-refractivity contribution is -0.146. The number of aliphatic hydroxyl groups is 1. The van der Waals surface area contributed by atoms with Crippen molar-refractivity contribution in [2.24, 2.45) is 5.41 Å². The number of nitrogens with zero attached hydrogens (tertiary/aromatic N) is 6. The average Bonchev–Trinajstić information content (AvgIpc) is 2.16. The maximum atomic E-state index is 15.1. The lowest BCUT2D eigenvalue weighted by atomic mass is 9.85. The van der Waals surface area contributed by atoms with Crippen molar-refractivity contribution in [3.8, 4) is 16.2 Å². The predicted molar refractivity (Wildman–Crippen MR) is 314 cm³/mol. The molecule has 3 aliphatic rings. The molecule has 22 nitrogen and oxygen atoms in total. The Labute approximate surface area is 498 Å². The first-order valence-corrected chi connectivity index (χ1v) is 30.8. The van der Waals surface area contributed by atoms with Crippen LogP contribution in [0.25, 0.3) is 32.2 Å². The first-order chi connectivity index (χ1) is 40.6. The van der Waals surface area contributed by atoms with Crippen molar-refractivity contribution in [2.45, 2.75) is 129 Å². The van der Waals surface area contributed by atoms with Gasteiger partial charge in [0.25, 0.3) is 11.8 Å². The number of carbonyl (C=O) groups excluding carboxylic acids is 7. The maximum absolute atomic E-state index is 15.1. The average molecular weight is 1230 g/mol. The first-order valence-electron chi connectivity index (χ1n) is 28.3. The molecule has 6 atom stereocenters. The van der Waals surface area contributed by atoms with E-state index in [1.807, 2.05) is 32.0 Å². The number of likely N-dealkylation sites (tertiary alicyclic amines) is 1. The van der Waals surface area contributed by atoms with Gasteiger partial charge in [-0.1, -0.05) is 67.9 Å². The molecule has 9 rings (SSSR count). The van der Waals surface area contributed by atoms with Crippen molar-refractivity contribution in [3.63, 3.8) is 0 Å². The van der Waals surface area contributed by atoms with Crippen molar-refractivity contribution in [2.75, 3.05) is 39.8 Å². The molecule has 0 aliphatic carbocycles. The van der Waals surface area contributed by atoms with E-state index in [0.29, 0.717) is 53.4 Å². The molecule has 6 aromatic rings. The van der Waals surface area contributed by atoms with Crippen molar-refractivity contribution >= 4 is 82.0 Å². The second kappa shape index (κ2) is 25.3. The number of thiazole rings is 1. The van der Waals surface area contributed by atoms with Crippen LogP contribution in [0.3, 0.4) is 0 Å². The van der Waals surface area contributed by atoms with E-state index in [-0.39, 0.29) is 74.7 Å². The van der Waals surface area contributed by atoms with Crippen LogP contribution in [-0.2, 0) is 40.7 Å². The van der Waals surface area contributed by atoms with Gasteiger partial charge >= 0.3 is 13.3 Å². The van der Waals surface area contributed by atoms with Crippen LogP contribution in [0.15, 0.2) is 82.8 Å². The molecular formula is C60H70F2N9O13PS. The van der Waals surface area contributed by atoms with E-state index in [4.69, 9.17) is 9.26 Å². The van der Waals surface area contributed by atoms with E-state index in [9.17, 15) is 57.0 Å². The lowest BCUT2D eigenvalue weighted by Gasteiger charge is -2.39. The van der Waals surface area contributed by atoms with Gasteiger partial charge in [-0.15, -0.1) is 11.3 Å². The van der Waals surface area contributed by atoms with Crippen LogP contribution in [0.4, 0.5) is 8.78 Å². The summed E-state index contributed by atoms with van der Waals surface area (Å²) in [6.07, 6.45) is 0.998. The number of hydrogen-bond acceptors (Lipinski definition) is 14. The van der Waals surface area contributed by atoms with Gasteiger partial charge in [0.15, 0.2) is 11.3 Å². The molecule has 5 heterocycles. The Bertz CT molecular complexity index is 3660. The zero-order valence-corrected chi connectivity index (χ0v) is 50.4. The number of rotatable bonds is 18. The smallest absolute Gasteiger partial charge is 0.399 e. The highest BCUT2D eigenvalue weighted by atomic mass is 32.1. The summed E-state index contributed by atoms with van der Waals surface area (Å²) in [6, 6.07) is 13.1. The Morgan fingerprint density at radius 3 is 2.40 bits per heavy atom. The van der Waals surface area contributed by atoms with Gasteiger partial charge in [-0.3, -0.25) is 38.1 Å². The van der Waals surface area contributed by atoms with Gasteiger partial charge in [-0.25, -0.2) is 4.98 Å². The molecule has 2 aromatic heterocycles.